The fraction of sp³-hybridized carbons (Fsp3) is 0.240. The maximum atomic E-state index is 13.5. The topological polar surface area (TPSA) is 80.4 Å². The zero-order chi connectivity index (χ0) is 23.4. The standard InChI is InChI=1S/C25H25ClN4O3/c1-3-22(23-28-21-15-17(26)12-13-20(21)24(31)29(23)4-2)30(16-19-11-8-14-33-19)25(32)27-18-9-6-5-7-10-18/h5-15,22H,3-4,16H2,1-2H3,(H,27,32). The largest absolute Gasteiger partial charge is 0.467 e. The Bertz CT molecular complexity index is 1300. The van der Waals surface area contributed by atoms with E-state index >= 15 is 0 Å². The van der Waals surface area contributed by atoms with Gasteiger partial charge in [-0.3, -0.25) is 9.36 Å². The van der Waals surface area contributed by atoms with Crippen LogP contribution in [0.4, 0.5) is 10.5 Å². The number of hydrogen-bond donors (Lipinski definition) is 1. The first-order valence-corrected chi connectivity index (χ1v) is 11.2. The normalized spacial score (nSPS) is 12.0. The lowest BCUT2D eigenvalue weighted by atomic mass is 10.1. The Morgan fingerprint density at radius 2 is 1.94 bits per heavy atom. The number of furan rings is 1. The van der Waals surface area contributed by atoms with E-state index in [0.717, 1.165) is 0 Å². The summed E-state index contributed by atoms with van der Waals surface area (Å²) in [7, 11) is 0. The third-order valence-corrected chi connectivity index (χ3v) is 5.75. The lowest BCUT2D eigenvalue weighted by Crippen LogP contribution is -2.40. The van der Waals surface area contributed by atoms with Crippen LogP contribution >= 0.6 is 11.6 Å². The van der Waals surface area contributed by atoms with E-state index in [2.05, 4.69) is 5.32 Å². The number of aromatic nitrogens is 2. The molecule has 0 aliphatic heterocycles. The summed E-state index contributed by atoms with van der Waals surface area (Å²) in [4.78, 5) is 33.2. The van der Waals surface area contributed by atoms with Gasteiger partial charge in [0, 0.05) is 17.3 Å². The van der Waals surface area contributed by atoms with Crippen LogP contribution in [0.1, 0.15) is 37.9 Å². The van der Waals surface area contributed by atoms with Crippen molar-refractivity contribution in [2.75, 3.05) is 5.32 Å². The number of fused-ring (bicyclic) bond motifs is 1. The van der Waals surface area contributed by atoms with Crippen LogP contribution in [0.15, 0.2) is 76.1 Å². The first-order chi connectivity index (χ1) is 16.0. The Kier molecular flexibility index (Phi) is 6.79. The quantitative estimate of drug-likeness (QED) is 0.372. The minimum absolute atomic E-state index is 0.158. The number of anilines is 1. The second-order valence-electron chi connectivity index (χ2n) is 7.61. The van der Waals surface area contributed by atoms with Crippen molar-refractivity contribution >= 4 is 34.2 Å². The summed E-state index contributed by atoms with van der Waals surface area (Å²) in [5.41, 5.74) is 1.02. The van der Waals surface area contributed by atoms with Crippen molar-refractivity contribution in [1.82, 2.24) is 14.5 Å². The molecule has 0 fully saturated rings. The number of benzene rings is 2. The number of carbonyl (C=O) groups excluding carboxylic acids is 1. The van der Waals surface area contributed by atoms with Crippen molar-refractivity contribution in [1.29, 1.82) is 0 Å². The van der Waals surface area contributed by atoms with E-state index in [4.69, 9.17) is 21.0 Å². The van der Waals surface area contributed by atoms with Crippen LogP contribution in [0.5, 0.6) is 0 Å². The summed E-state index contributed by atoms with van der Waals surface area (Å²) >= 11 is 6.17. The Balaban J connectivity index is 1.81. The molecule has 0 bridgehead atoms. The van der Waals surface area contributed by atoms with E-state index < -0.39 is 6.04 Å². The van der Waals surface area contributed by atoms with E-state index in [1.807, 2.05) is 50.2 Å². The molecule has 0 radical (unpaired) electrons. The molecule has 2 amide bonds. The zero-order valence-corrected chi connectivity index (χ0v) is 19.2. The molecular formula is C25H25ClN4O3. The third kappa shape index (κ3) is 4.78. The van der Waals surface area contributed by atoms with Crippen LogP contribution < -0.4 is 10.9 Å². The minimum atomic E-state index is -0.477. The van der Waals surface area contributed by atoms with Gasteiger partial charge in [0.15, 0.2) is 0 Å². The van der Waals surface area contributed by atoms with Crippen LogP contribution in [0.25, 0.3) is 10.9 Å². The highest BCUT2D eigenvalue weighted by atomic mass is 35.5. The molecule has 0 aliphatic carbocycles. The van der Waals surface area contributed by atoms with Crippen molar-refractivity contribution in [2.45, 2.75) is 39.4 Å². The Morgan fingerprint density at radius 1 is 1.15 bits per heavy atom. The van der Waals surface area contributed by atoms with Gasteiger partial charge in [-0.25, -0.2) is 9.78 Å². The van der Waals surface area contributed by atoms with Crippen LogP contribution in [0.3, 0.4) is 0 Å². The molecule has 0 spiro atoms. The highest BCUT2D eigenvalue weighted by Crippen LogP contribution is 2.27. The first-order valence-electron chi connectivity index (χ1n) is 10.9. The molecule has 8 heteroatoms. The summed E-state index contributed by atoms with van der Waals surface area (Å²) in [5.74, 6) is 1.14. The monoisotopic (exact) mass is 464 g/mol. The van der Waals surface area contributed by atoms with Crippen molar-refractivity contribution < 1.29 is 9.21 Å². The molecule has 0 aliphatic rings. The highest BCUT2D eigenvalue weighted by Gasteiger charge is 2.29. The molecule has 7 nitrogen and oxygen atoms in total. The van der Waals surface area contributed by atoms with Crippen LogP contribution in [-0.4, -0.2) is 20.5 Å². The van der Waals surface area contributed by atoms with Gasteiger partial charge in [-0.15, -0.1) is 0 Å². The molecule has 0 saturated carbocycles. The number of nitrogens with zero attached hydrogens (tertiary/aromatic N) is 3. The summed E-state index contributed by atoms with van der Waals surface area (Å²) in [5, 5.41) is 3.94. The predicted octanol–water partition coefficient (Wildman–Crippen LogP) is 5.85. The Hall–Kier alpha value is -3.58. The number of amides is 2. The second kappa shape index (κ2) is 9.92. The van der Waals surface area contributed by atoms with Gasteiger partial charge in [-0.2, -0.15) is 0 Å². The van der Waals surface area contributed by atoms with E-state index in [9.17, 15) is 9.59 Å². The van der Waals surface area contributed by atoms with Crippen molar-refractivity contribution in [3.05, 3.63) is 93.9 Å². The van der Waals surface area contributed by atoms with Crippen LogP contribution in [0, 0.1) is 0 Å². The fourth-order valence-corrected chi connectivity index (χ4v) is 4.09. The van der Waals surface area contributed by atoms with Gasteiger partial charge in [-0.05, 0) is 55.8 Å². The molecule has 1 N–H and O–H groups in total. The Morgan fingerprint density at radius 3 is 2.61 bits per heavy atom. The summed E-state index contributed by atoms with van der Waals surface area (Å²) in [6.07, 6.45) is 2.11. The molecule has 1 atom stereocenters. The SMILES string of the molecule is CCC(c1nc2cc(Cl)ccc2c(=O)n1CC)N(Cc1ccco1)C(=O)Nc1ccccc1. The molecule has 33 heavy (non-hydrogen) atoms. The molecule has 4 aromatic rings. The number of carbonyl (C=O) groups is 1. The number of nitrogens with one attached hydrogen (secondary N) is 1. The van der Waals surface area contributed by atoms with Crippen molar-refractivity contribution in [2.24, 2.45) is 0 Å². The van der Waals surface area contributed by atoms with Gasteiger partial charge in [0.25, 0.3) is 5.56 Å². The first kappa shape index (κ1) is 22.6. The highest BCUT2D eigenvalue weighted by molar-refractivity contribution is 6.31. The van der Waals surface area contributed by atoms with Gasteiger partial charge in [0.1, 0.15) is 11.6 Å². The number of urea groups is 1. The number of rotatable bonds is 7. The van der Waals surface area contributed by atoms with Gasteiger partial charge in [0.2, 0.25) is 0 Å². The summed E-state index contributed by atoms with van der Waals surface area (Å²) in [6.45, 7) is 4.49. The molecule has 4 rings (SSSR count). The summed E-state index contributed by atoms with van der Waals surface area (Å²) in [6, 6.07) is 17.1. The number of hydrogen-bond acceptors (Lipinski definition) is 4. The van der Waals surface area contributed by atoms with E-state index in [1.54, 1.807) is 40.0 Å². The van der Waals surface area contributed by atoms with Crippen molar-refractivity contribution in [3.8, 4) is 0 Å². The molecule has 170 valence electrons. The molecule has 2 aromatic carbocycles. The lowest BCUT2D eigenvalue weighted by molar-refractivity contribution is 0.169. The van der Waals surface area contributed by atoms with Gasteiger partial charge < -0.3 is 14.6 Å². The van der Waals surface area contributed by atoms with Gasteiger partial charge in [-0.1, -0.05) is 36.7 Å². The average molecular weight is 465 g/mol. The predicted molar refractivity (Wildman–Crippen MR) is 129 cm³/mol. The maximum Gasteiger partial charge on any atom is 0.322 e. The lowest BCUT2D eigenvalue weighted by Gasteiger charge is -2.31. The van der Waals surface area contributed by atoms with E-state index in [0.29, 0.717) is 46.2 Å². The number of halogens is 1. The summed E-state index contributed by atoms with van der Waals surface area (Å²) < 4.78 is 7.15. The van der Waals surface area contributed by atoms with E-state index in [1.165, 1.54) is 0 Å². The zero-order valence-electron chi connectivity index (χ0n) is 18.5. The minimum Gasteiger partial charge on any atom is -0.467 e. The fourth-order valence-electron chi connectivity index (χ4n) is 3.92. The number of para-hydroxylation sites is 1. The molecule has 2 heterocycles. The average Bonchev–Trinajstić information content (AvgIpc) is 3.33. The molecule has 1 unspecified atom stereocenters. The van der Waals surface area contributed by atoms with Crippen LogP contribution in [-0.2, 0) is 13.1 Å². The van der Waals surface area contributed by atoms with Gasteiger partial charge in [0.05, 0.1) is 29.8 Å². The molecule has 2 aromatic heterocycles. The maximum absolute atomic E-state index is 13.5. The second-order valence-corrected chi connectivity index (χ2v) is 8.04. The van der Waals surface area contributed by atoms with Gasteiger partial charge >= 0.3 is 6.03 Å². The molecule has 0 saturated heterocycles. The van der Waals surface area contributed by atoms with Crippen LogP contribution in [0.2, 0.25) is 5.02 Å². The van der Waals surface area contributed by atoms with E-state index in [-0.39, 0.29) is 18.1 Å². The third-order valence-electron chi connectivity index (χ3n) is 5.52. The van der Waals surface area contributed by atoms with Crippen molar-refractivity contribution in [3.63, 3.8) is 0 Å². The Labute approximate surface area is 196 Å². The smallest absolute Gasteiger partial charge is 0.322 e. The molecular weight excluding hydrogens is 440 g/mol.